The highest BCUT2D eigenvalue weighted by atomic mass is 16.5. The van der Waals surface area contributed by atoms with Gasteiger partial charge in [0.05, 0.1) is 25.3 Å². The van der Waals surface area contributed by atoms with Crippen LogP contribution in [-0.2, 0) is 4.74 Å². The molecule has 27 heavy (non-hydrogen) atoms. The largest absolute Gasteiger partial charge is 0.497 e. The smallest absolute Gasteiger partial charge is 0.252 e. The number of rotatable bonds is 9. The molecular formula is C20H25N3O4. The number of nitrogens with one attached hydrogen (secondary N) is 2. The Bertz CT molecular complexity index is 713. The van der Waals surface area contributed by atoms with Gasteiger partial charge in [0.15, 0.2) is 0 Å². The standard InChI is InChI=1S/C20H25N3O4/c1-25-16-5-7-17(8-6-16)27-12-10-21-19-9-4-15(13-22-19)20(24)23-14-18-3-2-11-26-18/h4-9,13,18H,2-3,10-12,14H2,1H3,(H,21,22)(H,23,24). The Kier molecular flexibility index (Phi) is 6.87. The lowest BCUT2D eigenvalue weighted by Crippen LogP contribution is -2.31. The van der Waals surface area contributed by atoms with Crippen molar-refractivity contribution in [1.82, 2.24) is 10.3 Å². The fourth-order valence-corrected chi connectivity index (χ4v) is 2.77. The number of nitrogens with zero attached hydrogens (tertiary/aromatic N) is 1. The average molecular weight is 371 g/mol. The summed E-state index contributed by atoms with van der Waals surface area (Å²) in [6.45, 7) is 2.42. The first-order valence-electron chi connectivity index (χ1n) is 9.11. The van der Waals surface area contributed by atoms with Gasteiger partial charge in [0.25, 0.3) is 5.91 Å². The molecule has 3 rings (SSSR count). The molecule has 0 bridgehead atoms. The molecule has 1 saturated heterocycles. The summed E-state index contributed by atoms with van der Waals surface area (Å²) in [5.41, 5.74) is 0.535. The lowest BCUT2D eigenvalue weighted by atomic mass is 10.2. The Morgan fingerprint density at radius 2 is 2.04 bits per heavy atom. The molecule has 1 unspecified atom stereocenters. The zero-order valence-electron chi connectivity index (χ0n) is 15.4. The third-order valence-electron chi connectivity index (χ3n) is 4.28. The lowest BCUT2D eigenvalue weighted by molar-refractivity contribution is 0.0857. The summed E-state index contributed by atoms with van der Waals surface area (Å²) in [5.74, 6) is 2.14. The Morgan fingerprint density at radius 1 is 1.22 bits per heavy atom. The number of anilines is 1. The highest BCUT2D eigenvalue weighted by Crippen LogP contribution is 2.17. The second-order valence-corrected chi connectivity index (χ2v) is 6.23. The predicted octanol–water partition coefficient (Wildman–Crippen LogP) is 2.49. The molecule has 2 N–H and O–H groups in total. The minimum atomic E-state index is -0.132. The lowest BCUT2D eigenvalue weighted by Gasteiger charge is -2.11. The molecular weight excluding hydrogens is 346 g/mol. The van der Waals surface area contributed by atoms with Gasteiger partial charge < -0.3 is 24.8 Å². The summed E-state index contributed by atoms with van der Waals surface area (Å²) in [4.78, 5) is 16.4. The van der Waals surface area contributed by atoms with Crippen molar-refractivity contribution in [1.29, 1.82) is 0 Å². The van der Waals surface area contributed by atoms with Gasteiger partial charge >= 0.3 is 0 Å². The van der Waals surface area contributed by atoms with Crippen LogP contribution < -0.4 is 20.1 Å². The summed E-state index contributed by atoms with van der Waals surface area (Å²) in [5, 5.41) is 6.05. The molecule has 0 radical (unpaired) electrons. The van der Waals surface area contributed by atoms with Gasteiger partial charge in [-0.3, -0.25) is 4.79 Å². The number of ether oxygens (including phenoxy) is 3. The first-order valence-corrected chi connectivity index (χ1v) is 9.11. The van der Waals surface area contributed by atoms with Crippen LogP contribution in [0.2, 0.25) is 0 Å². The van der Waals surface area contributed by atoms with Crippen LogP contribution >= 0.6 is 0 Å². The second-order valence-electron chi connectivity index (χ2n) is 6.23. The number of aromatic nitrogens is 1. The van der Waals surface area contributed by atoms with E-state index >= 15 is 0 Å². The van der Waals surface area contributed by atoms with Gasteiger partial charge in [-0.2, -0.15) is 0 Å². The van der Waals surface area contributed by atoms with E-state index in [1.54, 1.807) is 25.4 Å². The van der Waals surface area contributed by atoms with Crippen molar-refractivity contribution in [2.24, 2.45) is 0 Å². The number of carbonyl (C=O) groups is 1. The van der Waals surface area contributed by atoms with Crippen LogP contribution in [0.3, 0.4) is 0 Å². The summed E-state index contributed by atoms with van der Waals surface area (Å²) in [7, 11) is 1.63. The summed E-state index contributed by atoms with van der Waals surface area (Å²) < 4.78 is 16.3. The van der Waals surface area contributed by atoms with Gasteiger partial charge in [-0.25, -0.2) is 4.98 Å². The molecule has 2 aromatic rings. The number of carbonyl (C=O) groups excluding carboxylic acids is 1. The third-order valence-corrected chi connectivity index (χ3v) is 4.28. The molecule has 1 aromatic carbocycles. The molecule has 7 nitrogen and oxygen atoms in total. The van der Waals surface area contributed by atoms with E-state index in [9.17, 15) is 4.79 Å². The number of hydrogen-bond donors (Lipinski definition) is 2. The van der Waals surface area contributed by atoms with E-state index in [1.165, 1.54) is 0 Å². The van der Waals surface area contributed by atoms with Crippen LogP contribution in [0.15, 0.2) is 42.6 Å². The third kappa shape index (κ3) is 5.86. The molecule has 1 amide bonds. The van der Waals surface area contributed by atoms with Crippen molar-refractivity contribution >= 4 is 11.7 Å². The Balaban J connectivity index is 1.37. The monoisotopic (exact) mass is 371 g/mol. The van der Waals surface area contributed by atoms with Crippen LogP contribution in [0, 0.1) is 0 Å². The maximum Gasteiger partial charge on any atom is 0.252 e. The average Bonchev–Trinajstić information content (AvgIpc) is 3.24. The number of hydrogen-bond acceptors (Lipinski definition) is 6. The van der Waals surface area contributed by atoms with Gasteiger partial charge in [-0.05, 0) is 49.2 Å². The van der Waals surface area contributed by atoms with Crippen molar-refractivity contribution in [3.8, 4) is 11.5 Å². The summed E-state index contributed by atoms with van der Waals surface area (Å²) in [6.07, 6.45) is 3.76. The number of benzene rings is 1. The van der Waals surface area contributed by atoms with E-state index in [4.69, 9.17) is 14.2 Å². The van der Waals surface area contributed by atoms with Crippen molar-refractivity contribution < 1.29 is 19.0 Å². The normalized spacial score (nSPS) is 16.0. The van der Waals surface area contributed by atoms with Crippen molar-refractivity contribution in [3.63, 3.8) is 0 Å². The van der Waals surface area contributed by atoms with Crippen molar-refractivity contribution in [2.45, 2.75) is 18.9 Å². The van der Waals surface area contributed by atoms with E-state index in [0.29, 0.717) is 31.1 Å². The molecule has 1 aromatic heterocycles. The molecule has 0 saturated carbocycles. The van der Waals surface area contributed by atoms with E-state index in [0.717, 1.165) is 30.9 Å². The molecule has 1 aliphatic heterocycles. The van der Waals surface area contributed by atoms with Crippen LogP contribution in [0.25, 0.3) is 0 Å². The summed E-state index contributed by atoms with van der Waals surface area (Å²) >= 11 is 0. The number of methoxy groups -OCH3 is 1. The van der Waals surface area contributed by atoms with E-state index in [-0.39, 0.29) is 12.0 Å². The quantitative estimate of drug-likeness (QED) is 0.659. The SMILES string of the molecule is COc1ccc(OCCNc2ccc(C(=O)NCC3CCCO3)cn2)cc1. The van der Waals surface area contributed by atoms with Crippen molar-refractivity contribution in [3.05, 3.63) is 48.2 Å². The first-order chi connectivity index (χ1) is 13.2. The minimum absolute atomic E-state index is 0.132. The second kappa shape index (κ2) is 9.78. The molecule has 0 spiro atoms. The molecule has 1 atom stereocenters. The van der Waals surface area contributed by atoms with Gasteiger partial charge in [0, 0.05) is 19.3 Å². The zero-order valence-corrected chi connectivity index (χ0v) is 15.4. The van der Waals surface area contributed by atoms with E-state index < -0.39 is 0 Å². The molecule has 2 heterocycles. The minimum Gasteiger partial charge on any atom is -0.497 e. The van der Waals surface area contributed by atoms with Crippen LogP contribution in [0.1, 0.15) is 23.2 Å². The first kappa shape index (κ1) is 19.0. The Hall–Kier alpha value is -2.80. The Morgan fingerprint density at radius 3 is 2.70 bits per heavy atom. The van der Waals surface area contributed by atoms with Gasteiger partial charge in [-0.15, -0.1) is 0 Å². The molecule has 7 heteroatoms. The topological polar surface area (TPSA) is 81.7 Å². The van der Waals surface area contributed by atoms with Crippen molar-refractivity contribution in [2.75, 3.05) is 38.7 Å². The predicted molar refractivity (Wildman–Crippen MR) is 103 cm³/mol. The fourth-order valence-electron chi connectivity index (χ4n) is 2.77. The van der Waals surface area contributed by atoms with Crippen LogP contribution in [0.4, 0.5) is 5.82 Å². The molecule has 144 valence electrons. The molecule has 0 aliphatic carbocycles. The Labute approximate surface area is 159 Å². The van der Waals surface area contributed by atoms with E-state index in [1.807, 2.05) is 24.3 Å². The van der Waals surface area contributed by atoms with Gasteiger partial charge in [-0.1, -0.05) is 0 Å². The van der Waals surface area contributed by atoms with Gasteiger partial charge in [0.2, 0.25) is 0 Å². The fraction of sp³-hybridized carbons (Fsp3) is 0.400. The highest BCUT2D eigenvalue weighted by molar-refractivity contribution is 5.94. The van der Waals surface area contributed by atoms with Gasteiger partial charge in [0.1, 0.15) is 23.9 Å². The summed E-state index contributed by atoms with van der Waals surface area (Å²) in [6, 6.07) is 11.0. The molecule has 1 aliphatic rings. The highest BCUT2D eigenvalue weighted by Gasteiger charge is 2.16. The number of amides is 1. The zero-order chi connectivity index (χ0) is 18.9. The van der Waals surface area contributed by atoms with Crippen LogP contribution in [-0.4, -0.2) is 50.4 Å². The number of pyridine rings is 1. The van der Waals surface area contributed by atoms with E-state index in [2.05, 4.69) is 15.6 Å². The van der Waals surface area contributed by atoms with Crippen LogP contribution in [0.5, 0.6) is 11.5 Å². The molecule has 1 fully saturated rings. The maximum absolute atomic E-state index is 12.1. The maximum atomic E-state index is 12.1.